The van der Waals surface area contributed by atoms with Gasteiger partial charge in [-0.2, -0.15) is 0 Å². The van der Waals surface area contributed by atoms with E-state index in [1.165, 1.54) is 23.8 Å². The summed E-state index contributed by atoms with van der Waals surface area (Å²) in [6.07, 6.45) is 0. The number of fused-ring (bicyclic) bond motifs is 1. The van der Waals surface area contributed by atoms with E-state index in [1.54, 1.807) is 24.3 Å². The van der Waals surface area contributed by atoms with E-state index < -0.39 is 23.8 Å². The topological polar surface area (TPSA) is 84.9 Å². The Hall–Kier alpha value is -2.19. The van der Waals surface area contributed by atoms with E-state index in [-0.39, 0.29) is 22.7 Å². The number of carbonyl (C=O) groups is 3. The number of β-lactam (4-membered cyclic amide) rings is 1. The standard InChI is InChI=1S/C16H15ClN2O5S/c1-23-16(22)13-10(17)8-25-15-12(14(21)19(13)15)18-11(20)7-24-9-5-3-2-4-6-9/h2-6,12,15H,7-8H2,1H3,(H,18,20)/t12-,15-/m1/s1. The van der Waals surface area contributed by atoms with Crippen molar-refractivity contribution in [1.82, 2.24) is 10.2 Å². The van der Waals surface area contributed by atoms with Crippen LogP contribution in [0.15, 0.2) is 41.1 Å². The highest BCUT2D eigenvalue weighted by Crippen LogP contribution is 2.41. The van der Waals surface area contributed by atoms with Gasteiger partial charge in [0.1, 0.15) is 22.9 Å². The number of hydrogen-bond acceptors (Lipinski definition) is 6. The first-order valence-electron chi connectivity index (χ1n) is 7.41. The van der Waals surface area contributed by atoms with E-state index >= 15 is 0 Å². The lowest BCUT2D eigenvalue weighted by Crippen LogP contribution is -2.70. The molecule has 0 bridgehead atoms. The summed E-state index contributed by atoms with van der Waals surface area (Å²) in [4.78, 5) is 37.5. The molecule has 0 aliphatic carbocycles. The average Bonchev–Trinajstić information content (AvgIpc) is 2.64. The van der Waals surface area contributed by atoms with Crippen LogP contribution in [0.5, 0.6) is 5.75 Å². The molecule has 7 nitrogen and oxygen atoms in total. The molecule has 1 aromatic carbocycles. The average molecular weight is 383 g/mol. The Bertz CT molecular complexity index is 739. The van der Waals surface area contributed by atoms with Gasteiger partial charge < -0.3 is 14.8 Å². The summed E-state index contributed by atoms with van der Waals surface area (Å²) >= 11 is 7.42. The van der Waals surface area contributed by atoms with Gasteiger partial charge in [0.25, 0.3) is 11.8 Å². The fourth-order valence-electron chi connectivity index (χ4n) is 2.55. The van der Waals surface area contributed by atoms with E-state index in [2.05, 4.69) is 10.1 Å². The molecule has 2 heterocycles. The third-order valence-electron chi connectivity index (χ3n) is 3.73. The van der Waals surface area contributed by atoms with Crippen LogP contribution in [0.4, 0.5) is 0 Å². The van der Waals surface area contributed by atoms with Crippen LogP contribution in [0.2, 0.25) is 0 Å². The van der Waals surface area contributed by atoms with Crippen molar-refractivity contribution in [3.63, 3.8) is 0 Å². The summed E-state index contributed by atoms with van der Waals surface area (Å²) in [5, 5.41) is 2.51. The number of para-hydroxylation sites is 1. The van der Waals surface area contributed by atoms with Crippen LogP contribution < -0.4 is 10.1 Å². The van der Waals surface area contributed by atoms with E-state index in [0.29, 0.717) is 11.5 Å². The smallest absolute Gasteiger partial charge is 0.356 e. The highest BCUT2D eigenvalue weighted by Gasteiger charge is 2.54. The van der Waals surface area contributed by atoms with Crippen molar-refractivity contribution in [1.29, 1.82) is 0 Å². The zero-order valence-electron chi connectivity index (χ0n) is 13.2. The molecular formula is C16H15ClN2O5S. The van der Waals surface area contributed by atoms with Gasteiger partial charge in [0.2, 0.25) is 0 Å². The van der Waals surface area contributed by atoms with Gasteiger partial charge >= 0.3 is 5.97 Å². The Morgan fingerprint density at radius 1 is 1.36 bits per heavy atom. The van der Waals surface area contributed by atoms with Crippen molar-refractivity contribution in [2.24, 2.45) is 0 Å². The predicted octanol–water partition coefficient (Wildman–Crippen LogP) is 1.09. The van der Waals surface area contributed by atoms with Gasteiger partial charge in [-0.3, -0.25) is 14.5 Å². The fraction of sp³-hybridized carbons (Fsp3) is 0.312. The molecule has 1 fully saturated rings. The summed E-state index contributed by atoms with van der Waals surface area (Å²) < 4.78 is 10.0. The maximum Gasteiger partial charge on any atom is 0.356 e. The van der Waals surface area contributed by atoms with Crippen LogP contribution >= 0.6 is 23.4 Å². The number of thioether (sulfide) groups is 1. The van der Waals surface area contributed by atoms with Gasteiger partial charge in [0.05, 0.1) is 12.1 Å². The molecule has 3 rings (SSSR count). The molecule has 0 unspecified atom stereocenters. The van der Waals surface area contributed by atoms with Crippen LogP contribution in [0.25, 0.3) is 0 Å². The maximum atomic E-state index is 12.3. The van der Waals surface area contributed by atoms with Gasteiger partial charge in [-0.25, -0.2) is 4.79 Å². The third kappa shape index (κ3) is 3.45. The van der Waals surface area contributed by atoms with Crippen molar-refractivity contribution in [2.75, 3.05) is 19.5 Å². The first-order valence-corrected chi connectivity index (χ1v) is 8.84. The van der Waals surface area contributed by atoms with E-state index in [4.69, 9.17) is 16.3 Å². The maximum absolute atomic E-state index is 12.3. The quantitative estimate of drug-likeness (QED) is 0.606. The first kappa shape index (κ1) is 17.6. The first-order chi connectivity index (χ1) is 12.0. The normalized spacial score (nSPS) is 22.0. The lowest BCUT2D eigenvalue weighted by atomic mass is 10.1. The summed E-state index contributed by atoms with van der Waals surface area (Å²) in [7, 11) is 1.22. The highest BCUT2D eigenvalue weighted by atomic mass is 35.5. The van der Waals surface area contributed by atoms with Crippen LogP contribution in [-0.2, 0) is 19.1 Å². The van der Waals surface area contributed by atoms with Gasteiger partial charge in [0, 0.05) is 5.75 Å². The molecule has 1 N–H and O–H groups in total. The molecule has 2 aliphatic rings. The van der Waals surface area contributed by atoms with Crippen LogP contribution in [0.1, 0.15) is 0 Å². The Morgan fingerprint density at radius 2 is 2.08 bits per heavy atom. The van der Waals surface area contributed by atoms with E-state index in [1.807, 2.05) is 6.07 Å². The van der Waals surface area contributed by atoms with Gasteiger partial charge in [0.15, 0.2) is 6.61 Å². The zero-order chi connectivity index (χ0) is 18.0. The molecule has 0 radical (unpaired) electrons. The molecule has 0 saturated carbocycles. The number of benzene rings is 1. The number of carbonyl (C=O) groups excluding carboxylic acids is 3. The van der Waals surface area contributed by atoms with Gasteiger partial charge in [-0.15, -0.1) is 11.8 Å². The zero-order valence-corrected chi connectivity index (χ0v) is 14.8. The second-order valence-corrected chi connectivity index (χ2v) is 6.86. The summed E-state index contributed by atoms with van der Waals surface area (Å²) in [5.41, 5.74) is 0.0453. The monoisotopic (exact) mass is 382 g/mol. The van der Waals surface area contributed by atoms with Crippen molar-refractivity contribution in [3.05, 3.63) is 41.1 Å². The van der Waals surface area contributed by atoms with Crippen molar-refractivity contribution >= 4 is 41.1 Å². The highest BCUT2D eigenvalue weighted by molar-refractivity contribution is 8.00. The number of methoxy groups -OCH3 is 1. The Labute approximate surface area is 153 Å². The van der Waals surface area contributed by atoms with E-state index in [9.17, 15) is 14.4 Å². The largest absolute Gasteiger partial charge is 0.484 e. The summed E-state index contributed by atoms with van der Waals surface area (Å²) in [6.45, 7) is -0.203. The van der Waals surface area contributed by atoms with Crippen molar-refractivity contribution < 1.29 is 23.9 Å². The molecule has 132 valence electrons. The van der Waals surface area contributed by atoms with Crippen LogP contribution in [0.3, 0.4) is 0 Å². The lowest BCUT2D eigenvalue weighted by molar-refractivity contribution is -0.151. The molecule has 0 spiro atoms. The minimum Gasteiger partial charge on any atom is -0.484 e. The number of ether oxygens (including phenoxy) is 2. The number of esters is 1. The summed E-state index contributed by atoms with van der Waals surface area (Å²) in [6, 6.07) is 8.17. The molecule has 25 heavy (non-hydrogen) atoms. The predicted molar refractivity (Wildman–Crippen MR) is 91.9 cm³/mol. The molecule has 1 aromatic rings. The summed E-state index contributed by atoms with van der Waals surface area (Å²) in [5.74, 6) is -0.547. The number of nitrogens with one attached hydrogen (secondary N) is 1. The Morgan fingerprint density at radius 3 is 2.76 bits per heavy atom. The number of halogens is 1. The molecule has 2 atom stereocenters. The third-order valence-corrected chi connectivity index (χ3v) is 5.48. The van der Waals surface area contributed by atoms with Crippen molar-refractivity contribution in [3.8, 4) is 5.75 Å². The molecule has 2 aliphatic heterocycles. The minimum absolute atomic E-state index is 0.0453. The Kier molecular flexibility index (Phi) is 5.19. The molecule has 1 saturated heterocycles. The molecular weight excluding hydrogens is 368 g/mol. The number of hydrogen-bond donors (Lipinski definition) is 1. The number of nitrogens with zero attached hydrogens (tertiary/aromatic N) is 1. The molecule has 0 aromatic heterocycles. The number of rotatable bonds is 5. The minimum atomic E-state index is -0.721. The lowest BCUT2D eigenvalue weighted by Gasteiger charge is -2.48. The van der Waals surface area contributed by atoms with Gasteiger partial charge in [-0.05, 0) is 12.1 Å². The van der Waals surface area contributed by atoms with Crippen molar-refractivity contribution in [2.45, 2.75) is 11.4 Å². The second-order valence-electron chi connectivity index (χ2n) is 5.30. The number of amides is 2. The Balaban J connectivity index is 1.60. The second kappa shape index (κ2) is 7.37. The fourth-order valence-corrected chi connectivity index (χ4v) is 4.10. The molecule has 2 amide bonds. The SMILES string of the molecule is COC(=O)C1=C(Cl)CS[C@@H]2[C@H](NC(=O)COc3ccccc3)C(=O)N12. The van der Waals surface area contributed by atoms with Gasteiger partial charge in [-0.1, -0.05) is 29.8 Å². The van der Waals surface area contributed by atoms with E-state index in [0.717, 1.165) is 0 Å². The van der Waals surface area contributed by atoms with Crippen LogP contribution in [-0.4, -0.2) is 53.6 Å². The van der Waals surface area contributed by atoms with Crippen LogP contribution in [0, 0.1) is 0 Å². The molecule has 9 heteroatoms.